The average molecular weight is 397 g/mol. The summed E-state index contributed by atoms with van der Waals surface area (Å²) in [4.78, 5) is 16.1. The van der Waals surface area contributed by atoms with Gasteiger partial charge in [0, 0.05) is 44.1 Å². The first-order valence-corrected chi connectivity index (χ1v) is 10.4. The molecule has 0 radical (unpaired) electrons. The smallest absolute Gasteiger partial charge is 0.132 e. The van der Waals surface area contributed by atoms with Gasteiger partial charge in [0.2, 0.25) is 0 Å². The van der Waals surface area contributed by atoms with Crippen LogP contribution < -0.4 is 15.5 Å². The zero-order valence-corrected chi connectivity index (χ0v) is 16.7. The molecule has 1 aliphatic carbocycles. The second-order valence-corrected chi connectivity index (χ2v) is 7.75. The lowest BCUT2D eigenvalue weighted by molar-refractivity contribution is 0.585. The van der Waals surface area contributed by atoms with E-state index in [0.29, 0.717) is 17.3 Å². The number of aromatic nitrogens is 3. The van der Waals surface area contributed by atoms with Crippen LogP contribution in [0.3, 0.4) is 0 Å². The summed E-state index contributed by atoms with van der Waals surface area (Å²) in [6.07, 6.45) is 5.97. The number of nitrogens with one attached hydrogen (secondary N) is 2. The van der Waals surface area contributed by atoms with Gasteiger partial charge in [-0.1, -0.05) is 0 Å². The van der Waals surface area contributed by atoms with E-state index in [9.17, 15) is 0 Å². The van der Waals surface area contributed by atoms with E-state index in [-0.39, 0.29) is 0 Å². The van der Waals surface area contributed by atoms with Gasteiger partial charge in [-0.2, -0.15) is 5.26 Å². The summed E-state index contributed by atoms with van der Waals surface area (Å²) < 4.78 is 0. The third-order valence-corrected chi connectivity index (χ3v) is 5.53. The molecule has 5 rings (SSSR count). The maximum Gasteiger partial charge on any atom is 0.132 e. The highest BCUT2D eigenvalue weighted by atomic mass is 15.2. The van der Waals surface area contributed by atoms with Crippen LogP contribution in [0.15, 0.2) is 48.8 Å². The van der Waals surface area contributed by atoms with Crippen molar-refractivity contribution in [3.8, 4) is 17.3 Å². The number of piperazine rings is 1. The topological polar surface area (TPSA) is 89.8 Å². The van der Waals surface area contributed by atoms with E-state index in [0.717, 1.165) is 49.1 Å². The van der Waals surface area contributed by atoms with Crippen molar-refractivity contribution in [2.24, 2.45) is 0 Å². The molecular formula is C23H23N7. The van der Waals surface area contributed by atoms with Crippen LogP contribution >= 0.6 is 0 Å². The van der Waals surface area contributed by atoms with E-state index in [1.807, 2.05) is 6.20 Å². The van der Waals surface area contributed by atoms with Crippen molar-refractivity contribution in [1.29, 1.82) is 5.26 Å². The molecule has 1 aliphatic heterocycles. The van der Waals surface area contributed by atoms with E-state index in [2.05, 4.69) is 50.9 Å². The summed E-state index contributed by atoms with van der Waals surface area (Å²) in [5.41, 5.74) is 3.75. The van der Waals surface area contributed by atoms with Gasteiger partial charge in [-0.15, -0.1) is 0 Å². The molecule has 150 valence electrons. The van der Waals surface area contributed by atoms with Crippen LogP contribution in [0.5, 0.6) is 0 Å². The fraction of sp³-hybridized carbons (Fsp3) is 0.304. The second kappa shape index (κ2) is 8.09. The fourth-order valence-corrected chi connectivity index (χ4v) is 3.73. The third kappa shape index (κ3) is 4.09. The first-order chi connectivity index (χ1) is 14.8. The normalized spacial score (nSPS) is 16.2. The van der Waals surface area contributed by atoms with Gasteiger partial charge >= 0.3 is 0 Å². The Labute approximate surface area is 175 Å². The molecule has 0 bridgehead atoms. The molecule has 7 heteroatoms. The molecule has 3 aromatic heterocycles. The van der Waals surface area contributed by atoms with Crippen LogP contribution in [0.2, 0.25) is 0 Å². The molecule has 0 aromatic carbocycles. The van der Waals surface area contributed by atoms with E-state index < -0.39 is 0 Å². The summed E-state index contributed by atoms with van der Waals surface area (Å²) in [6, 6.07) is 14.0. The molecule has 7 nitrogen and oxygen atoms in total. The first-order valence-electron chi connectivity index (χ1n) is 10.4. The Bertz CT molecular complexity index is 1080. The number of hydrogen-bond donors (Lipinski definition) is 2. The maximum atomic E-state index is 9.13. The van der Waals surface area contributed by atoms with Gasteiger partial charge < -0.3 is 15.5 Å². The Kier molecular flexibility index (Phi) is 4.99. The van der Waals surface area contributed by atoms with Crippen LogP contribution in [-0.4, -0.2) is 41.1 Å². The van der Waals surface area contributed by atoms with E-state index in [1.165, 1.54) is 18.4 Å². The van der Waals surface area contributed by atoms with E-state index in [4.69, 9.17) is 15.2 Å². The van der Waals surface area contributed by atoms with Gasteiger partial charge in [0.05, 0.1) is 17.3 Å². The fourth-order valence-electron chi connectivity index (χ4n) is 3.73. The quantitative estimate of drug-likeness (QED) is 0.681. The largest absolute Gasteiger partial charge is 0.354 e. The van der Waals surface area contributed by atoms with Gasteiger partial charge in [-0.25, -0.2) is 15.0 Å². The summed E-state index contributed by atoms with van der Waals surface area (Å²) >= 11 is 0. The number of rotatable bonds is 5. The highest BCUT2D eigenvalue weighted by Gasteiger charge is 2.25. The minimum Gasteiger partial charge on any atom is -0.354 e. The lowest BCUT2D eigenvalue weighted by Crippen LogP contribution is -2.43. The zero-order valence-electron chi connectivity index (χ0n) is 16.7. The Morgan fingerprint density at radius 2 is 1.90 bits per heavy atom. The Balaban J connectivity index is 1.43. The van der Waals surface area contributed by atoms with Crippen molar-refractivity contribution in [2.45, 2.75) is 18.8 Å². The summed E-state index contributed by atoms with van der Waals surface area (Å²) in [7, 11) is 0. The molecule has 2 aliphatic rings. The predicted octanol–water partition coefficient (Wildman–Crippen LogP) is 3.44. The Hall–Kier alpha value is -3.50. The molecule has 2 fully saturated rings. The third-order valence-electron chi connectivity index (χ3n) is 5.53. The molecule has 0 spiro atoms. The van der Waals surface area contributed by atoms with Crippen molar-refractivity contribution >= 4 is 17.5 Å². The second-order valence-electron chi connectivity index (χ2n) is 7.75. The van der Waals surface area contributed by atoms with Gasteiger partial charge in [0.15, 0.2) is 0 Å². The number of pyridine rings is 3. The lowest BCUT2D eigenvalue weighted by atomic mass is 10.1. The van der Waals surface area contributed by atoms with Crippen LogP contribution in [-0.2, 0) is 0 Å². The highest BCUT2D eigenvalue weighted by molar-refractivity contribution is 5.66. The van der Waals surface area contributed by atoms with Crippen LogP contribution in [0.25, 0.3) is 11.3 Å². The minimum absolute atomic E-state index is 0.568. The van der Waals surface area contributed by atoms with Gasteiger partial charge in [0.25, 0.3) is 0 Å². The van der Waals surface area contributed by atoms with Crippen molar-refractivity contribution < 1.29 is 0 Å². The zero-order chi connectivity index (χ0) is 20.3. The molecule has 1 saturated carbocycles. The van der Waals surface area contributed by atoms with E-state index >= 15 is 0 Å². The minimum atomic E-state index is 0.568. The van der Waals surface area contributed by atoms with Crippen molar-refractivity contribution in [2.75, 3.05) is 36.4 Å². The van der Waals surface area contributed by atoms with Crippen molar-refractivity contribution in [3.63, 3.8) is 0 Å². The number of nitriles is 1. The molecule has 1 saturated heterocycles. The average Bonchev–Trinajstić information content (AvgIpc) is 3.65. The SMILES string of the molecule is N#Cc1ccnc(Nc2cc(C3CC3)cc(-c3ccc(N4CCNCC4)nc3)n2)c1. The summed E-state index contributed by atoms with van der Waals surface area (Å²) in [5, 5.41) is 15.8. The Morgan fingerprint density at radius 3 is 2.63 bits per heavy atom. The monoisotopic (exact) mass is 397 g/mol. The molecule has 0 atom stereocenters. The van der Waals surface area contributed by atoms with E-state index in [1.54, 1.807) is 18.3 Å². The van der Waals surface area contributed by atoms with Crippen LogP contribution in [0.4, 0.5) is 17.5 Å². The lowest BCUT2D eigenvalue weighted by Gasteiger charge is -2.28. The van der Waals surface area contributed by atoms with Gasteiger partial charge in [-0.05, 0) is 60.7 Å². The van der Waals surface area contributed by atoms with Gasteiger partial charge in [-0.3, -0.25) is 0 Å². The highest BCUT2D eigenvalue weighted by Crippen LogP contribution is 2.42. The molecule has 4 heterocycles. The molecule has 3 aromatic rings. The molecular weight excluding hydrogens is 374 g/mol. The maximum absolute atomic E-state index is 9.13. The van der Waals surface area contributed by atoms with Crippen molar-refractivity contribution in [1.82, 2.24) is 20.3 Å². The summed E-state index contributed by atoms with van der Waals surface area (Å²) in [6.45, 7) is 3.93. The molecule has 0 unspecified atom stereocenters. The van der Waals surface area contributed by atoms with Crippen LogP contribution in [0.1, 0.15) is 29.9 Å². The van der Waals surface area contributed by atoms with Crippen molar-refractivity contribution in [3.05, 3.63) is 59.9 Å². The number of anilines is 3. The standard InChI is InChI=1S/C23H23N7/c24-14-16-5-6-26-21(11-16)29-22-13-19(17-1-2-17)12-20(28-22)18-3-4-23(27-15-18)30-9-7-25-8-10-30/h3-6,11-13,15,17,25H,1-2,7-10H2,(H,26,28,29). The first kappa shape index (κ1) is 18.5. The molecule has 2 N–H and O–H groups in total. The van der Waals surface area contributed by atoms with Gasteiger partial charge in [0.1, 0.15) is 17.5 Å². The number of hydrogen-bond acceptors (Lipinski definition) is 7. The number of nitrogens with zero attached hydrogens (tertiary/aromatic N) is 5. The summed E-state index contributed by atoms with van der Waals surface area (Å²) in [5.74, 6) is 2.96. The Morgan fingerprint density at radius 1 is 1.03 bits per heavy atom. The van der Waals surface area contributed by atoms with Crippen LogP contribution in [0, 0.1) is 11.3 Å². The molecule has 30 heavy (non-hydrogen) atoms. The molecule has 0 amide bonds. The predicted molar refractivity (Wildman–Crippen MR) is 117 cm³/mol.